The number of hydrogen-bond acceptors (Lipinski definition) is 4. The number of hydrogen-bond donors (Lipinski definition) is 0. The molecule has 1 aliphatic heterocycles. The summed E-state index contributed by atoms with van der Waals surface area (Å²) in [4.78, 5) is 0. The molecule has 1 rings (SSSR count). The molecule has 0 aromatic heterocycles. The summed E-state index contributed by atoms with van der Waals surface area (Å²) < 4.78 is 32.0. The molecular formula is C7H14O4S. The summed E-state index contributed by atoms with van der Waals surface area (Å²) in [5, 5.41) is 0. The molecule has 0 aromatic rings. The van der Waals surface area contributed by atoms with Gasteiger partial charge in [0.05, 0.1) is 30.8 Å². The minimum absolute atomic E-state index is 0.106. The van der Waals surface area contributed by atoms with E-state index in [0.717, 1.165) is 0 Å². The number of sulfone groups is 1. The lowest BCUT2D eigenvalue weighted by atomic mass is 10.3. The Morgan fingerprint density at radius 2 is 2.17 bits per heavy atom. The summed E-state index contributed by atoms with van der Waals surface area (Å²) in [6, 6.07) is 0. The van der Waals surface area contributed by atoms with Gasteiger partial charge in [0.2, 0.25) is 0 Å². The second-order valence-corrected chi connectivity index (χ2v) is 5.12. The van der Waals surface area contributed by atoms with Crippen molar-refractivity contribution in [1.82, 2.24) is 0 Å². The number of rotatable bonds is 4. The fraction of sp³-hybridized carbons (Fsp3) is 1.00. The Morgan fingerprint density at radius 3 is 2.67 bits per heavy atom. The van der Waals surface area contributed by atoms with Crippen LogP contribution >= 0.6 is 0 Å². The van der Waals surface area contributed by atoms with Crippen molar-refractivity contribution in [2.75, 3.05) is 31.8 Å². The van der Waals surface area contributed by atoms with Gasteiger partial charge >= 0.3 is 0 Å². The topological polar surface area (TPSA) is 52.6 Å². The molecule has 0 bridgehead atoms. The van der Waals surface area contributed by atoms with Crippen LogP contribution in [0.15, 0.2) is 0 Å². The summed E-state index contributed by atoms with van der Waals surface area (Å²) >= 11 is 0. The van der Waals surface area contributed by atoms with E-state index < -0.39 is 9.84 Å². The van der Waals surface area contributed by atoms with Crippen LogP contribution in [0.5, 0.6) is 0 Å². The van der Waals surface area contributed by atoms with Gasteiger partial charge in [0.1, 0.15) is 0 Å². The fourth-order valence-corrected chi connectivity index (χ4v) is 2.81. The van der Waals surface area contributed by atoms with Crippen molar-refractivity contribution in [3.05, 3.63) is 0 Å². The van der Waals surface area contributed by atoms with Crippen LogP contribution in [0.25, 0.3) is 0 Å². The Kier molecular flexibility index (Phi) is 3.49. The zero-order valence-corrected chi connectivity index (χ0v) is 7.97. The largest absolute Gasteiger partial charge is 0.382 e. The lowest BCUT2D eigenvalue weighted by molar-refractivity contribution is 0.0299. The van der Waals surface area contributed by atoms with Crippen LogP contribution in [0, 0.1) is 0 Å². The van der Waals surface area contributed by atoms with Gasteiger partial charge in [-0.05, 0) is 6.42 Å². The Balaban J connectivity index is 2.20. The van der Waals surface area contributed by atoms with Crippen molar-refractivity contribution in [3.63, 3.8) is 0 Å². The lowest BCUT2D eigenvalue weighted by Gasteiger charge is -2.08. The van der Waals surface area contributed by atoms with Crippen LogP contribution < -0.4 is 0 Å². The fourth-order valence-electron chi connectivity index (χ4n) is 1.19. The van der Waals surface area contributed by atoms with Gasteiger partial charge in [0.15, 0.2) is 9.84 Å². The summed E-state index contributed by atoms with van der Waals surface area (Å²) in [7, 11) is -1.21. The molecule has 0 aliphatic carbocycles. The summed E-state index contributed by atoms with van der Waals surface area (Å²) in [5.74, 6) is 0.446. The highest BCUT2D eigenvalue weighted by molar-refractivity contribution is 7.91. The van der Waals surface area contributed by atoms with E-state index in [4.69, 9.17) is 9.47 Å². The molecule has 12 heavy (non-hydrogen) atoms. The molecular weight excluding hydrogens is 180 g/mol. The summed E-state index contributed by atoms with van der Waals surface area (Å²) in [6.45, 7) is 1.01. The zero-order chi connectivity index (χ0) is 9.03. The van der Waals surface area contributed by atoms with E-state index in [9.17, 15) is 8.42 Å². The molecule has 0 saturated carbocycles. The molecule has 0 aromatic carbocycles. The van der Waals surface area contributed by atoms with E-state index >= 15 is 0 Å². The van der Waals surface area contributed by atoms with Crippen molar-refractivity contribution >= 4 is 9.84 Å². The summed E-state index contributed by atoms with van der Waals surface area (Å²) in [6.07, 6.45) is 0.525. The average Bonchev–Trinajstić information content (AvgIpc) is 2.31. The molecule has 1 atom stereocenters. The predicted octanol–water partition coefficient (Wildman–Crippen LogP) is -0.163. The first-order valence-electron chi connectivity index (χ1n) is 3.95. The van der Waals surface area contributed by atoms with Gasteiger partial charge in [-0.3, -0.25) is 0 Å². The number of ether oxygens (including phenoxy) is 2. The van der Waals surface area contributed by atoms with Crippen molar-refractivity contribution in [2.45, 2.75) is 12.5 Å². The highest BCUT2D eigenvalue weighted by Crippen LogP contribution is 2.14. The highest BCUT2D eigenvalue weighted by atomic mass is 32.2. The second-order valence-electron chi connectivity index (χ2n) is 2.89. The lowest BCUT2D eigenvalue weighted by Crippen LogP contribution is -2.17. The van der Waals surface area contributed by atoms with Crippen LogP contribution in [0.2, 0.25) is 0 Å². The SMILES string of the molecule is COCCO[C@@H]1CCS(=O)(=O)C1. The minimum atomic E-state index is -2.80. The first-order valence-corrected chi connectivity index (χ1v) is 5.77. The third-order valence-corrected chi connectivity index (χ3v) is 3.57. The van der Waals surface area contributed by atoms with E-state index in [0.29, 0.717) is 19.6 Å². The van der Waals surface area contributed by atoms with Crippen molar-refractivity contribution < 1.29 is 17.9 Å². The molecule has 0 N–H and O–H groups in total. The van der Waals surface area contributed by atoms with E-state index in [1.165, 1.54) is 0 Å². The van der Waals surface area contributed by atoms with Gasteiger partial charge in [0.25, 0.3) is 0 Å². The van der Waals surface area contributed by atoms with Crippen LogP contribution in [0.1, 0.15) is 6.42 Å². The molecule has 4 nitrogen and oxygen atoms in total. The molecule has 1 aliphatic rings. The standard InChI is InChI=1S/C7H14O4S/c1-10-3-4-11-7-2-5-12(8,9)6-7/h7H,2-6H2,1H3/t7-/m1/s1. The quantitative estimate of drug-likeness (QED) is 0.583. The molecule has 0 unspecified atom stereocenters. The van der Waals surface area contributed by atoms with Crippen molar-refractivity contribution in [1.29, 1.82) is 0 Å². The first-order chi connectivity index (χ1) is 5.64. The molecule has 5 heteroatoms. The molecule has 1 fully saturated rings. The molecule has 1 saturated heterocycles. The predicted molar refractivity (Wildman–Crippen MR) is 44.9 cm³/mol. The highest BCUT2D eigenvalue weighted by Gasteiger charge is 2.28. The zero-order valence-electron chi connectivity index (χ0n) is 7.15. The van der Waals surface area contributed by atoms with E-state index in [1.54, 1.807) is 7.11 Å². The molecule has 1 heterocycles. The maximum Gasteiger partial charge on any atom is 0.152 e. The van der Waals surface area contributed by atoms with Crippen LogP contribution in [-0.2, 0) is 19.3 Å². The van der Waals surface area contributed by atoms with Crippen molar-refractivity contribution in [2.24, 2.45) is 0 Å². The average molecular weight is 194 g/mol. The molecule has 0 spiro atoms. The monoisotopic (exact) mass is 194 g/mol. The Bertz CT molecular complexity index is 222. The third kappa shape index (κ3) is 3.08. The molecule has 72 valence electrons. The van der Waals surface area contributed by atoms with Crippen LogP contribution in [0.3, 0.4) is 0 Å². The maximum atomic E-state index is 11.0. The van der Waals surface area contributed by atoms with Gasteiger partial charge in [0, 0.05) is 7.11 Å². The van der Waals surface area contributed by atoms with Gasteiger partial charge in [-0.25, -0.2) is 8.42 Å². The van der Waals surface area contributed by atoms with Gasteiger partial charge < -0.3 is 9.47 Å². The van der Waals surface area contributed by atoms with E-state index in [1.807, 2.05) is 0 Å². The third-order valence-electron chi connectivity index (χ3n) is 1.83. The second kappa shape index (κ2) is 4.20. The Morgan fingerprint density at radius 1 is 1.42 bits per heavy atom. The van der Waals surface area contributed by atoms with Crippen LogP contribution in [0.4, 0.5) is 0 Å². The molecule has 0 amide bonds. The molecule has 0 radical (unpaired) electrons. The van der Waals surface area contributed by atoms with Crippen molar-refractivity contribution in [3.8, 4) is 0 Å². The van der Waals surface area contributed by atoms with E-state index in [2.05, 4.69) is 0 Å². The van der Waals surface area contributed by atoms with Crippen LogP contribution in [-0.4, -0.2) is 46.4 Å². The smallest absolute Gasteiger partial charge is 0.152 e. The number of methoxy groups -OCH3 is 1. The Labute approximate surface area is 72.8 Å². The van der Waals surface area contributed by atoms with Gasteiger partial charge in [-0.2, -0.15) is 0 Å². The van der Waals surface area contributed by atoms with Gasteiger partial charge in [-0.1, -0.05) is 0 Å². The normalized spacial score (nSPS) is 27.6. The maximum absolute atomic E-state index is 11.0. The first kappa shape index (κ1) is 9.95. The van der Waals surface area contributed by atoms with Gasteiger partial charge in [-0.15, -0.1) is 0 Å². The Hall–Kier alpha value is -0.130. The summed E-state index contributed by atoms with van der Waals surface area (Å²) in [5.41, 5.74) is 0. The minimum Gasteiger partial charge on any atom is -0.382 e. The van der Waals surface area contributed by atoms with E-state index in [-0.39, 0.29) is 17.6 Å².